The summed E-state index contributed by atoms with van der Waals surface area (Å²) in [5.41, 5.74) is 2.55. The molecule has 1 saturated heterocycles. The van der Waals surface area contributed by atoms with E-state index in [2.05, 4.69) is 25.7 Å². The highest BCUT2D eigenvalue weighted by Crippen LogP contribution is 2.66. The Morgan fingerprint density at radius 1 is 1.17 bits per heavy atom. The van der Waals surface area contributed by atoms with Gasteiger partial charge < -0.3 is 4.90 Å². The number of fused-ring (bicyclic) bond motifs is 1. The molecule has 30 heavy (non-hydrogen) atoms. The van der Waals surface area contributed by atoms with Crippen LogP contribution in [0.1, 0.15) is 81.8 Å². The number of amides is 2. The highest BCUT2D eigenvalue weighted by Gasteiger charge is 2.61. The van der Waals surface area contributed by atoms with Crippen molar-refractivity contribution in [2.45, 2.75) is 78.1 Å². The molecule has 3 heterocycles. The Kier molecular flexibility index (Phi) is 4.86. The summed E-state index contributed by atoms with van der Waals surface area (Å²) < 4.78 is 0. The molecule has 1 aromatic heterocycles. The Balaban J connectivity index is 1.30. The zero-order valence-electron chi connectivity index (χ0n) is 18.6. The van der Waals surface area contributed by atoms with Crippen molar-refractivity contribution in [3.63, 3.8) is 0 Å². The van der Waals surface area contributed by atoms with Crippen LogP contribution in [-0.4, -0.2) is 46.3 Å². The molecule has 4 aliphatic rings. The lowest BCUT2D eigenvalue weighted by molar-refractivity contribution is -0.135. The molecule has 3 fully saturated rings. The summed E-state index contributed by atoms with van der Waals surface area (Å²) in [4.78, 5) is 39.2. The Hall–Kier alpha value is -1.98. The maximum absolute atomic E-state index is 12.9. The molecule has 1 aromatic rings. The SMILES string of the molecule is Cc1nc(C2CCN(C(=O)[C@@H]3CC34CCC4)CC2)nc2c1CCC(=O)N2CC(C)C. The topological polar surface area (TPSA) is 66.4 Å². The van der Waals surface area contributed by atoms with Gasteiger partial charge in [0.25, 0.3) is 0 Å². The fraction of sp³-hybridized carbons (Fsp3) is 0.750. The van der Waals surface area contributed by atoms with E-state index in [0.29, 0.717) is 36.1 Å². The fourth-order valence-electron chi connectivity index (χ4n) is 5.80. The van der Waals surface area contributed by atoms with Crippen LogP contribution in [0, 0.1) is 24.2 Å². The van der Waals surface area contributed by atoms with Gasteiger partial charge in [-0.3, -0.25) is 14.5 Å². The third kappa shape index (κ3) is 3.32. The number of hydrogen-bond donors (Lipinski definition) is 0. The number of carbonyl (C=O) groups excluding carboxylic acids is 2. The van der Waals surface area contributed by atoms with Gasteiger partial charge >= 0.3 is 0 Å². The van der Waals surface area contributed by atoms with Gasteiger partial charge in [-0.05, 0) is 56.8 Å². The number of aromatic nitrogens is 2. The molecule has 6 nitrogen and oxygen atoms in total. The highest BCUT2D eigenvalue weighted by molar-refractivity contribution is 5.95. The van der Waals surface area contributed by atoms with Crippen LogP contribution in [0.4, 0.5) is 5.82 Å². The Morgan fingerprint density at radius 2 is 1.90 bits per heavy atom. The van der Waals surface area contributed by atoms with Gasteiger partial charge in [0, 0.05) is 49.1 Å². The molecule has 1 atom stereocenters. The number of piperidine rings is 1. The smallest absolute Gasteiger partial charge is 0.228 e. The summed E-state index contributed by atoms with van der Waals surface area (Å²) in [7, 11) is 0. The molecule has 2 aliphatic heterocycles. The zero-order valence-corrected chi connectivity index (χ0v) is 18.6. The van der Waals surface area contributed by atoms with Crippen molar-refractivity contribution in [2.24, 2.45) is 17.3 Å². The number of likely N-dealkylation sites (tertiary alicyclic amines) is 1. The van der Waals surface area contributed by atoms with Crippen LogP contribution in [0.5, 0.6) is 0 Å². The first kappa shape index (κ1) is 20.0. The lowest BCUT2D eigenvalue weighted by atomic mass is 9.79. The fourth-order valence-corrected chi connectivity index (χ4v) is 5.80. The van der Waals surface area contributed by atoms with Crippen LogP contribution in [0.3, 0.4) is 0 Å². The van der Waals surface area contributed by atoms with E-state index in [1.54, 1.807) is 0 Å². The number of aryl methyl sites for hydroxylation is 1. The second-order valence-electron chi connectivity index (χ2n) is 10.4. The quantitative estimate of drug-likeness (QED) is 0.760. The molecule has 0 radical (unpaired) electrons. The largest absolute Gasteiger partial charge is 0.342 e. The summed E-state index contributed by atoms with van der Waals surface area (Å²) in [6.45, 7) is 8.65. The van der Waals surface area contributed by atoms with Gasteiger partial charge in [-0.2, -0.15) is 0 Å². The summed E-state index contributed by atoms with van der Waals surface area (Å²) in [6, 6.07) is 0. The van der Waals surface area contributed by atoms with E-state index in [0.717, 1.165) is 61.7 Å². The van der Waals surface area contributed by atoms with Crippen LogP contribution < -0.4 is 4.90 Å². The number of carbonyl (C=O) groups is 2. The van der Waals surface area contributed by atoms with E-state index < -0.39 is 0 Å². The average Bonchev–Trinajstić information content (AvgIpc) is 3.46. The van der Waals surface area contributed by atoms with Crippen LogP contribution in [0.15, 0.2) is 0 Å². The molecule has 5 rings (SSSR count). The maximum Gasteiger partial charge on any atom is 0.228 e. The van der Waals surface area contributed by atoms with E-state index in [-0.39, 0.29) is 11.8 Å². The number of hydrogen-bond acceptors (Lipinski definition) is 4. The molecule has 0 unspecified atom stereocenters. The van der Waals surface area contributed by atoms with Crippen molar-refractivity contribution in [3.8, 4) is 0 Å². The summed E-state index contributed by atoms with van der Waals surface area (Å²) in [5, 5.41) is 0. The Bertz CT molecular complexity index is 868. The van der Waals surface area contributed by atoms with Crippen LogP contribution in [0.25, 0.3) is 0 Å². The second-order valence-corrected chi connectivity index (χ2v) is 10.4. The van der Waals surface area contributed by atoms with Crippen molar-refractivity contribution < 1.29 is 9.59 Å². The van der Waals surface area contributed by atoms with Gasteiger partial charge in [0.1, 0.15) is 11.6 Å². The normalized spacial score (nSPS) is 25.5. The van der Waals surface area contributed by atoms with E-state index in [4.69, 9.17) is 9.97 Å². The third-order valence-electron chi connectivity index (χ3n) is 7.91. The second kappa shape index (κ2) is 7.31. The molecule has 2 saturated carbocycles. The van der Waals surface area contributed by atoms with Gasteiger partial charge in [0.15, 0.2) is 0 Å². The molecule has 162 valence electrons. The highest BCUT2D eigenvalue weighted by atomic mass is 16.2. The maximum atomic E-state index is 12.9. The number of rotatable bonds is 4. The lowest BCUT2D eigenvalue weighted by Crippen LogP contribution is -2.41. The summed E-state index contributed by atoms with van der Waals surface area (Å²) in [6.07, 6.45) is 8.07. The minimum Gasteiger partial charge on any atom is -0.342 e. The molecule has 0 N–H and O–H groups in total. The molecular weight excluding hydrogens is 376 g/mol. The van der Waals surface area contributed by atoms with Crippen molar-refractivity contribution in [3.05, 3.63) is 17.1 Å². The minimum absolute atomic E-state index is 0.176. The molecule has 6 heteroatoms. The van der Waals surface area contributed by atoms with Gasteiger partial charge in [-0.15, -0.1) is 0 Å². The van der Waals surface area contributed by atoms with Gasteiger partial charge in [0.2, 0.25) is 11.8 Å². The molecule has 0 bridgehead atoms. The first-order chi connectivity index (χ1) is 14.4. The Morgan fingerprint density at radius 3 is 2.50 bits per heavy atom. The van der Waals surface area contributed by atoms with E-state index in [1.165, 1.54) is 19.3 Å². The molecule has 1 spiro atoms. The minimum atomic E-state index is 0.176. The molecule has 2 amide bonds. The molecule has 0 aromatic carbocycles. The van der Waals surface area contributed by atoms with Crippen LogP contribution in [-0.2, 0) is 16.0 Å². The predicted molar refractivity (Wildman–Crippen MR) is 115 cm³/mol. The van der Waals surface area contributed by atoms with Gasteiger partial charge in [-0.1, -0.05) is 20.3 Å². The van der Waals surface area contributed by atoms with Crippen molar-refractivity contribution in [1.82, 2.24) is 14.9 Å². The number of anilines is 1. The van der Waals surface area contributed by atoms with E-state index in [9.17, 15) is 9.59 Å². The first-order valence-corrected chi connectivity index (χ1v) is 11.8. The van der Waals surface area contributed by atoms with Crippen LogP contribution >= 0.6 is 0 Å². The standard InChI is InChI=1S/C24H34N4O2/c1-15(2)14-28-20(29)6-5-18-16(3)25-21(26-22(18)28)17-7-11-27(12-8-17)23(30)19-13-24(19)9-4-10-24/h15,17,19H,4-14H2,1-3H3/t19-/m0/s1. The van der Waals surface area contributed by atoms with E-state index in [1.807, 2.05) is 4.90 Å². The first-order valence-electron chi connectivity index (χ1n) is 11.8. The summed E-state index contributed by atoms with van der Waals surface area (Å²) in [5.74, 6) is 3.25. The van der Waals surface area contributed by atoms with Crippen molar-refractivity contribution in [2.75, 3.05) is 24.5 Å². The molecular formula is C24H34N4O2. The van der Waals surface area contributed by atoms with Crippen molar-refractivity contribution >= 4 is 17.6 Å². The third-order valence-corrected chi connectivity index (χ3v) is 7.91. The Labute approximate surface area is 179 Å². The van der Waals surface area contributed by atoms with Gasteiger partial charge in [0.05, 0.1) is 0 Å². The predicted octanol–water partition coefficient (Wildman–Crippen LogP) is 3.62. The lowest BCUT2D eigenvalue weighted by Gasteiger charge is -2.35. The number of nitrogens with zero attached hydrogens (tertiary/aromatic N) is 4. The van der Waals surface area contributed by atoms with Crippen LogP contribution in [0.2, 0.25) is 0 Å². The monoisotopic (exact) mass is 410 g/mol. The average molecular weight is 411 g/mol. The van der Waals surface area contributed by atoms with Crippen molar-refractivity contribution in [1.29, 1.82) is 0 Å². The summed E-state index contributed by atoms with van der Waals surface area (Å²) >= 11 is 0. The van der Waals surface area contributed by atoms with Gasteiger partial charge in [-0.25, -0.2) is 9.97 Å². The van der Waals surface area contributed by atoms with E-state index >= 15 is 0 Å². The molecule has 2 aliphatic carbocycles. The zero-order chi connectivity index (χ0) is 21.0.